The van der Waals surface area contributed by atoms with E-state index in [0.717, 1.165) is 27.7 Å². The summed E-state index contributed by atoms with van der Waals surface area (Å²) in [6, 6.07) is 23.2. The molecule has 28 heavy (non-hydrogen) atoms. The second-order valence-corrected chi connectivity index (χ2v) is 9.62. The first kappa shape index (κ1) is 19.1. The second kappa shape index (κ2) is 6.98. The normalized spacial score (nSPS) is 12.8. The van der Waals surface area contributed by atoms with Crippen molar-refractivity contribution in [2.24, 2.45) is 5.41 Å². The van der Waals surface area contributed by atoms with Gasteiger partial charge in [0.1, 0.15) is 11.2 Å². The molecule has 1 heterocycles. The van der Waals surface area contributed by atoms with E-state index in [9.17, 15) is 5.11 Å². The molecule has 0 bridgehead atoms. The Bertz CT molecular complexity index is 1130. The highest BCUT2D eigenvalue weighted by Crippen LogP contribution is 2.38. The molecule has 0 amide bonds. The van der Waals surface area contributed by atoms with Crippen LogP contribution in [-0.4, -0.2) is 16.5 Å². The van der Waals surface area contributed by atoms with Crippen LogP contribution in [0.25, 0.3) is 33.1 Å². The molecule has 3 aromatic carbocycles. The lowest BCUT2D eigenvalue weighted by Crippen LogP contribution is -2.40. The highest BCUT2D eigenvalue weighted by molar-refractivity contribution is 7.99. The average Bonchev–Trinajstić information content (AvgIpc) is 3.04. The zero-order valence-electron chi connectivity index (χ0n) is 16.8. The van der Waals surface area contributed by atoms with Crippen LogP contribution in [0.2, 0.25) is 0 Å². The third-order valence-electron chi connectivity index (χ3n) is 5.80. The molecule has 0 radical (unpaired) electrons. The minimum atomic E-state index is -0.717. The van der Waals surface area contributed by atoms with Crippen molar-refractivity contribution >= 4 is 33.7 Å². The van der Waals surface area contributed by atoms with Gasteiger partial charge in [0.05, 0.1) is 5.60 Å². The third-order valence-corrected chi connectivity index (χ3v) is 7.25. The van der Waals surface area contributed by atoms with Crippen LogP contribution in [0.4, 0.5) is 0 Å². The van der Waals surface area contributed by atoms with Gasteiger partial charge < -0.3 is 9.52 Å². The van der Waals surface area contributed by atoms with Crippen LogP contribution in [0.3, 0.4) is 0 Å². The lowest BCUT2D eigenvalue weighted by molar-refractivity contribution is -0.0210. The first-order chi connectivity index (χ1) is 13.2. The van der Waals surface area contributed by atoms with E-state index in [0.29, 0.717) is 0 Å². The Morgan fingerprint density at radius 2 is 1.50 bits per heavy atom. The number of para-hydroxylation sites is 1. The quantitative estimate of drug-likeness (QED) is 0.368. The molecule has 3 heteroatoms. The number of benzene rings is 3. The van der Waals surface area contributed by atoms with Gasteiger partial charge in [-0.2, -0.15) is 0 Å². The number of hydrogen-bond acceptors (Lipinski definition) is 3. The summed E-state index contributed by atoms with van der Waals surface area (Å²) in [5, 5.41) is 12.7. The van der Waals surface area contributed by atoms with Crippen LogP contribution in [0, 0.1) is 5.41 Å². The summed E-state index contributed by atoms with van der Waals surface area (Å²) in [4.78, 5) is 1.21. The topological polar surface area (TPSA) is 33.4 Å². The SMILES string of the molecule is CC(C)(O)C(C)(C)CSc1cccc(-c2ccc3oc4ccccc4c3c2)c1. The predicted molar refractivity (Wildman–Crippen MR) is 120 cm³/mol. The summed E-state index contributed by atoms with van der Waals surface area (Å²) in [5.41, 5.74) is 3.32. The molecule has 1 aromatic heterocycles. The maximum Gasteiger partial charge on any atom is 0.135 e. The minimum absolute atomic E-state index is 0.178. The van der Waals surface area contributed by atoms with Crippen molar-refractivity contribution in [1.29, 1.82) is 0 Å². The van der Waals surface area contributed by atoms with Crippen LogP contribution < -0.4 is 0 Å². The predicted octanol–water partition coefficient (Wildman–Crippen LogP) is 7.14. The summed E-state index contributed by atoms with van der Waals surface area (Å²) in [6.07, 6.45) is 0. The molecule has 0 aliphatic carbocycles. The fraction of sp³-hybridized carbons (Fsp3) is 0.280. The first-order valence-corrected chi connectivity index (χ1v) is 10.6. The van der Waals surface area contributed by atoms with E-state index in [1.54, 1.807) is 11.8 Å². The Morgan fingerprint density at radius 3 is 2.29 bits per heavy atom. The maximum atomic E-state index is 10.4. The molecule has 0 aliphatic heterocycles. The Kier molecular flexibility index (Phi) is 4.76. The molecule has 0 unspecified atom stereocenters. The number of furan rings is 1. The van der Waals surface area contributed by atoms with Gasteiger partial charge in [-0.3, -0.25) is 0 Å². The van der Waals surface area contributed by atoms with E-state index >= 15 is 0 Å². The van der Waals surface area contributed by atoms with Crippen LogP contribution >= 0.6 is 11.8 Å². The van der Waals surface area contributed by atoms with Gasteiger partial charge in [0.2, 0.25) is 0 Å². The Morgan fingerprint density at radius 1 is 0.786 bits per heavy atom. The zero-order valence-corrected chi connectivity index (χ0v) is 17.6. The molecule has 4 aromatic rings. The summed E-state index contributed by atoms with van der Waals surface area (Å²) in [6.45, 7) is 7.99. The molecule has 0 saturated heterocycles. The van der Waals surface area contributed by atoms with E-state index in [-0.39, 0.29) is 5.41 Å². The molecule has 144 valence electrons. The summed E-state index contributed by atoms with van der Waals surface area (Å²) in [5.74, 6) is 0.853. The Balaban J connectivity index is 1.65. The summed E-state index contributed by atoms with van der Waals surface area (Å²) < 4.78 is 5.95. The van der Waals surface area contributed by atoms with Gasteiger partial charge in [0.15, 0.2) is 0 Å². The van der Waals surface area contributed by atoms with Crippen LogP contribution in [0.15, 0.2) is 76.0 Å². The number of thioether (sulfide) groups is 1. The molecule has 0 atom stereocenters. The third kappa shape index (κ3) is 3.57. The molecular formula is C25H26O2S. The number of rotatable bonds is 5. The zero-order chi connectivity index (χ0) is 19.9. The fourth-order valence-corrected chi connectivity index (χ4v) is 4.38. The van der Waals surface area contributed by atoms with Crippen molar-refractivity contribution in [3.05, 3.63) is 66.7 Å². The van der Waals surface area contributed by atoms with Gasteiger partial charge in [-0.05, 0) is 55.3 Å². The van der Waals surface area contributed by atoms with E-state index in [2.05, 4.69) is 62.4 Å². The number of fused-ring (bicyclic) bond motifs is 3. The van der Waals surface area contributed by atoms with E-state index in [1.165, 1.54) is 16.0 Å². The van der Waals surface area contributed by atoms with Gasteiger partial charge in [0, 0.05) is 26.8 Å². The summed E-state index contributed by atoms with van der Waals surface area (Å²) >= 11 is 1.79. The van der Waals surface area contributed by atoms with Crippen molar-refractivity contribution in [3.8, 4) is 11.1 Å². The van der Waals surface area contributed by atoms with Crippen LogP contribution in [-0.2, 0) is 0 Å². The number of hydrogen-bond donors (Lipinski definition) is 1. The van der Waals surface area contributed by atoms with Crippen molar-refractivity contribution in [1.82, 2.24) is 0 Å². The monoisotopic (exact) mass is 390 g/mol. The van der Waals surface area contributed by atoms with E-state index in [1.807, 2.05) is 32.0 Å². The molecule has 4 rings (SSSR count). The minimum Gasteiger partial charge on any atom is -0.456 e. The lowest BCUT2D eigenvalue weighted by Gasteiger charge is -2.37. The first-order valence-electron chi connectivity index (χ1n) is 9.61. The molecule has 0 fully saturated rings. The van der Waals surface area contributed by atoms with E-state index < -0.39 is 5.60 Å². The van der Waals surface area contributed by atoms with Crippen molar-refractivity contribution in [2.45, 2.75) is 38.2 Å². The second-order valence-electron chi connectivity index (χ2n) is 8.57. The average molecular weight is 391 g/mol. The van der Waals surface area contributed by atoms with Crippen LogP contribution in [0.1, 0.15) is 27.7 Å². The van der Waals surface area contributed by atoms with Crippen molar-refractivity contribution in [2.75, 3.05) is 5.75 Å². The Labute approximate surface area is 170 Å². The summed E-state index contributed by atoms with van der Waals surface area (Å²) in [7, 11) is 0. The van der Waals surface area contributed by atoms with Gasteiger partial charge in [-0.15, -0.1) is 11.8 Å². The van der Waals surface area contributed by atoms with Gasteiger partial charge >= 0.3 is 0 Å². The molecular weight excluding hydrogens is 364 g/mol. The van der Waals surface area contributed by atoms with Crippen molar-refractivity contribution in [3.63, 3.8) is 0 Å². The fourth-order valence-electron chi connectivity index (χ4n) is 3.11. The molecule has 0 saturated carbocycles. The highest BCUT2D eigenvalue weighted by atomic mass is 32.2. The number of aliphatic hydroxyl groups is 1. The van der Waals surface area contributed by atoms with Crippen LogP contribution in [0.5, 0.6) is 0 Å². The van der Waals surface area contributed by atoms with Gasteiger partial charge in [-0.25, -0.2) is 0 Å². The maximum absolute atomic E-state index is 10.4. The molecule has 0 aliphatic rings. The lowest BCUT2D eigenvalue weighted by atomic mass is 9.79. The van der Waals surface area contributed by atoms with Gasteiger partial charge in [0.25, 0.3) is 0 Å². The van der Waals surface area contributed by atoms with Crippen molar-refractivity contribution < 1.29 is 9.52 Å². The Hall–Kier alpha value is -2.23. The molecule has 0 spiro atoms. The smallest absolute Gasteiger partial charge is 0.135 e. The highest BCUT2D eigenvalue weighted by Gasteiger charge is 2.34. The van der Waals surface area contributed by atoms with E-state index in [4.69, 9.17) is 4.42 Å². The largest absolute Gasteiger partial charge is 0.456 e. The molecule has 2 nitrogen and oxygen atoms in total. The molecule has 1 N–H and O–H groups in total. The van der Waals surface area contributed by atoms with Gasteiger partial charge in [-0.1, -0.05) is 50.2 Å². The standard InChI is InChI=1S/C25H26O2S/c1-24(2,25(3,4)26)16-28-19-9-7-8-17(14-19)18-12-13-23-21(15-18)20-10-5-6-11-22(20)27-23/h5-15,26H,16H2,1-4H3.